The fraction of sp³-hybridized carbons (Fsp3) is 0.319. The molecule has 0 amide bonds. The Kier molecular flexibility index (Phi) is 8.81. The van der Waals surface area contributed by atoms with Gasteiger partial charge >= 0.3 is 0 Å². The molecule has 1 aromatic heterocycles. The van der Waals surface area contributed by atoms with Gasteiger partial charge in [-0.15, -0.1) is 35.4 Å². The normalized spacial score (nSPS) is 15.4. The first-order chi connectivity index (χ1) is 23.3. The van der Waals surface area contributed by atoms with E-state index in [9.17, 15) is 9.90 Å². The van der Waals surface area contributed by atoms with E-state index >= 15 is 0 Å². The number of carbonyl (C=O) groups is 1. The molecule has 0 saturated heterocycles. The Bertz CT molecular complexity index is 2430. The van der Waals surface area contributed by atoms with E-state index in [1.807, 2.05) is 53.8 Å². The Labute approximate surface area is 316 Å². The van der Waals surface area contributed by atoms with Crippen LogP contribution in [-0.2, 0) is 35.7 Å². The molecule has 5 aromatic carbocycles. The van der Waals surface area contributed by atoms with Crippen LogP contribution in [0.3, 0.4) is 0 Å². The molecule has 2 aliphatic carbocycles. The van der Waals surface area contributed by atoms with Gasteiger partial charge in [0.05, 0.1) is 0 Å². The van der Waals surface area contributed by atoms with Gasteiger partial charge < -0.3 is 10.1 Å². The summed E-state index contributed by atoms with van der Waals surface area (Å²) in [7, 11) is 0. The minimum atomic E-state index is -0.417. The van der Waals surface area contributed by atoms with Crippen LogP contribution in [0.1, 0.15) is 97.1 Å². The summed E-state index contributed by atoms with van der Waals surface area (Å²) in [6.45, 7) is 22.9. The van der Waals surface area contributed by atoms with Gasteiger partial charge in [0.25, 0.3) is 0 Å². The number of aryl methyl sites for hydroxylation is 1. The largest absolute Gasteiger partial charge is 0.512 e. The van der Waals surface area contributed by atoms with Crippen LogP contribution in [0.25, 0.3) is 54.7 Å². The van der Waals surface area contributed by atoms with Crippen LogP contribution in [0.2, 0.25) is 0 Å². The van der Waals surface area contributed by atoms with Crippen molar-refractivity contribution in [3.63, 3.8) is 0 Å². The van der Waals surface area contributed by atoms with Crippen LogP contribution in [-0.4, -0.2) is 15.9 Å². The van der Waals surface area contributed by atoms with Gasteiger partial charge in [-0.2, -0.15) is 0 Å². The summed E-state index contributed by atoms with van der Waals surface area (Å²) in [5.41, 5.74) is 11.3. The topological polar surface area (TPSA) is 50.2 Å². The third-order valence-electron chi connectivity index (χ3n) is 10.9. The smallest absolute Gasteiger partial charge is 0.164 e. The maximum atomic E-state index is 11.5. The second-order valence-electron chi connectivity index (χ2n) is 17.4. The molecular formula is C47H48IrNO2-. The Balaban J connectivity index is 0.000000277. The van der Waals surface area contributed by atoms with Crippen LogP contribution in [0.15, 0.2) is 90.8 Å². The van der Waals surface area contributed by atoms with Gasteiger partial charge in [-0.1, -0.05) is 113 Å². The Morgan fingerprint density at radius 3 is 2.00 bits per heavy atom. The predicted octanol–water partition coefficient (Wildman–Crippen LogP) is 12.3. The number of aliphatic hydroxyl groups excluding tert-OH is 1. The minimum absolute atomic E-state index is 0. The molecule has 3 nitrogen and oxygen atoms in total. The summed E-state index contributed by atoms with van der Waals surface area (Å²) in [6.07, 6.45) is 3.30. The number of carbonyl (C=O) groups excluding carboxylic acids is 1. The van der Waals surface area contributed by atoms with Crippen molar-refractivity contribution in [2.24, 2.45) is 10.8 Å². The molecule has 263 valence electrons. The number of aliphatic hydroxyl groups is 1. The predicted molar refractivity (Wildman–Crippen MR) is 210 cm³/mol. The summed E-state index contributed by atoms with van der Waals surface area (Å²) in [5.74, 6) is 0.104. The third-order valence-corrected chi connectivity index (χ3v) is 10.9. The van der Waals surface area contributed by atoms with Gasteiger partial charge in [0.1, 0.15) is 5.76 Å². The van der Waals surface area contributed by atoms with Gasteiger partial charge in [0, 0.05) is 54.0 Å². The summed E-state index contributed by atoms with van der Waals surface area (Å²) >= 11 is 0. The molecule has 8 rings (SSSR count). The zero-order chi connectivity index (χ0) is 36.1. The van der Waals surface area contributed by atoms with E-state index in [0.29, 0.717) is 0 Å². The van der Waals surface area contributed by atoms with Gasteiger partial charge in [-0.25, -0.2) is 0 Å². The minimum Gasteiger partial charge on any atom is -0.512 e. The van der Waals surface area contributed by atoms with Crippen LogP contribution in [0.4, 0.5) is 0 Å². The number of allylic oxidation sites excluding steroid dienone is 2. The number of benzene rings is 5. The standard InChI is InChI=1S/C36H28N.C11H20O2.Ir/c1-20-9-8-11-22(17-20)34-26-14-13-25-27(24(26)15-16-37-34)19-29-31-30-28(35(29,2)3)18-21-10-6-7-12-23(21)32(30)36(4,5)33(25)31;1-10(2,3)8(12)7-9(13)11(4,5)6;/h6-10,12-19H,1-5H3;7,12H,1-6H3;/q-1;;/b;8-7-;. The van der Waals surface area contributed by atoms with Crippen molar-refractivity contribution in [3.05, 3.63) is 125 Å². The molecule has 0 atom stereocenters. The number of nitrogens with zero attached hydrogens (tertiary/aromatic N) is 1. The molecule has 1 radical (unpaired) electrons. The SMILES string of the molecule is CC(C)(C)C(=O)/C=C(\O)C(C)(C)C.Cc1cc[c-]c(-c2nccc3c2ccc2c4c5c(cc23)C(C)(C)c2cc3ccccc3c(c2-5)C4(C)C)c1.[Ir]. The van der Waals surface area contributed by atoms with E-state index in [-0.39, 0.29) is 47.9 Å². The van der Waals surface area contributed by atoms with Gasteiger partial charge in [-0.3, -0.25) is 4.79 Å². The number of rotatable bonds is 2. The number of aromatic nitrogens is 1. The van der Waals surface area contributed by atoms with Crippen molar-refractivity contribution < 1.29 is 30.0 Å². The summed E-state index contributed by atoms with van der Waals surface area (Å²) in [5, 5.41) is 17.5. The molecule has 0 bridgehead atoms. The summed E-state index contributed by atoms with van der Waals surface area (Å²) in [6, 6.07) is 30.5. The molecule has 0 fully saturated rings. The van der Waals surface area contributed by atoms with Crippen LogP contribution in [0, 0.1) is 23.8 Å². The third kappa shape index (κ3) is 5.76. The van der Waals surface area contributed by atoms with Crippen molar-refractivity contribution in [1.82, 2.24) is 4.98 Å². The monoisotopic (exact) mass is 851 g/mol. The van der Waals surface area contributed by atoms with E-state index in [4.69, 9.17) is 4.98 Å². The number of ketones is 1. The number of pyridine rings is 1. The average Bonchev–Trinajstić information content (AvgIpc) is 3.42. The van der Waals surface area contributed by atoms with Crippen molar-refractivity contribution in [1.29, 1.82) is 0 Å². The van der Waals surface area contributed by atoms with Crippen molar-refractivity contribution in [2.45, 2.75) is 87.0 Å². The van der Waals surface area contributed by atoms with Crippen LogP contribution >= 0.6 is 0 Å². The first-order valence-corrected chi connectivity index (χ1v) is 17.7. The fourth-order valence-corrected chi connectivity index (χ4v) is 8.05. The van der Waals surface area contributed by atoms with E-state index in [2.05, 4.69) is 107 Å². The van der Waals surface area contributed by atoms with E-state index in [1.165, 1.54) is 77.3 Å². The molecule has 0 aliphatic heterocycles. The van der Waals surface area contributed by atoms with Gasteiger partial charge in [-0.05, 0) is 89.6 Å². The zero-order valence-corrected chi connectivity index (χ0v) is 34.1. The fourth-order valence-electron chi connectivity index (χ4n) is 8.05. The second-order valence-corrected chi connectivity index (χ2v) is 17.4. The van der Waals surface area contributed by atoms with Gasteiger partial charge in [0.2, 0.25) is 0 Å². The number of hydrogen-bond donors (Lipinski definition) is 1. The second kappa shape index (κ2) is 12.2. The Morgan fingerprint density at radius 1 is 0.725 bits per heavy atom. The molecular weight excluding hydrogens is 803 g/mol. The van der Waals surface area contributed by atoms with Gasteiger partial charge in [0.15, 0.2) is 5.78 Å². The van der Waals surface area contributed by atoms with Crippen molar-refractivity contribution in [2.75, 3.05) is 0 Å². The molecule has 2 aliphatic rings. The molecule has 51 heavy (non-hydrogen) atoms. The Hall–Kier alpha value is -4.11. The Morgan fingerprint density at radius 2 is 1.35 bits per heavy atom. The van der Waals surface area contributed by atoms with Crippen LogP contribution < -0.4 is 0 Å². The molecule has 0 saturated carbocycles. The van der Waals surface area contributed by atoms with E-state index in [0.717, 1.165) is 11.3 Å². The summed E-state index contributed by atoms with van der Waals surface area (Å²) < 4.78 is 0. The van der Waals surface area contributed by atoms with Crippen molar-refractivity contribution >= 4 is 38.1 Å². The first-order valence-electron chi connectivity index (χ1n) is 17.7. The van der Waals surface area contributed by atoms with E-state index in [1.54, 1.807) is 0 Å². The molecule has 1 N–H and O–H groups in total. The molecule has 0 spiro atoms. The van der Waals surface area contributed by atoms with E-state index < -0.39 is 5.41 Å². The molecule has 4 heteroatoms. The maximum Gasteiger partial charge on any atom is 0.164 e. The van der Waals surface area contributed by atoms with Crippen molar-refractivity contribution in [3.8, 4) is 22.4 Å². The first kappa shape index (κ1) is 36.7. The summed E-state index contributed by atoms with van der Waals surface area (Å²) in [4.78, 5) is 16.3. The molecule has 1 heterocycles. The van der Waals surface area contributed by atoms with Crippen LogP contribution in [0.5, 0.6) is 0 Å². The average molecular weight is 851 g/mol. The number of fused-ring (bicyclic) bond motifs is 6. The maximum absolute atomic E-state index is 11.5. The zero-order valence-electron chi connectivity index (χ0n) is 31.7. The molecule has 0 unspecified atom stereocenters. The molecule has 6 aromatic rings. The number of hydrogen-bond acceptors (Lipinski definition) is 3. The quantitative estimate of drug-likeness (QED) is 0.0817.